The highest BCUT2D eigenvalue weighted by Gasteiger charge is 2.25. The van der Waals surface area contributed by atoms with Gasteiger partial charge in [0.2, 0.25) is 0 Å². The normalized spacial score (nSPS) is 20.2. The standard InChI is InChI=1S/C17H28N2/c1-4-10-18-12-16(5-2)19-13-14(3)11-15-8-6-7-9-17(15)19/h6-9,14,16,18H,4-5,10-13H2,1-3H3. The molecule has 1 aliphatic rings. The second-order valence-corrected chi connectivity index (χ2v) is 5.86. The van der Waals surface area contributed by atoms with Gasteiger partial charge in [0.05, 0.1) is 0 Å². The van der Waals surface area contributed by atoms with E-state index in [-0.39, 0.29) is 0 Å². The quantitative estimate of drug-likeness (QED) is 0.788. The summed E-state index contributed by atoms with van der Waals surface area (Å²) in [6.07, 6.45) is 3.65. The van der Waals surface area contributed by atoms with Crippen LogP contribution in [0.4, 0.5) is 5.69 Å². The Labute approximate surface area is 118 Å². The average molecular weight is 260 g/mol. The van der Waals surface area contributed by atoms with Crippen molar-refractivity contribution < 1.29 is 0 Å². The highest BCUT2D eigenvalue weighted by molar-refractivity contribution is 5.56. The topological polar surface area (TPSA) is 15.3 Å². The molecule has 0 amide bonds. The maximum absolute atomic E-state index is 3.59. The van der Waals surface area contributed by atoms with E-state index < -0.39 is 0 Å². The molecule has 2 atom stereocenters. The van der Waals surface area contributed by atoms with Gasteiger partial charge in [-0.15, -0.1) is 0 Å². The van der Waals surface area contributed by atoms with E-state index in [1.165, 1.54) is 37.1 Å². The predicted molar refractivity (Wildman–Crippen MR) is 83.9 cm³/mol. The number of fused-ring (bicyclic) bond motifs is 1. The van der Waals surface area contributed by atoms with Crippen LogP contribution in [-0.2, 0) is 6.42 Å². The van der Waals surface area contributed by atoms with E-state index >= 15 is 0 Å². The predicted octanol–water partition coefficient (Wildman–Crippen LogP) is 3.46. The molecule has 1 aromatic carbocycles. The first-order valence-electron chi connectivity index (χ1n) is 7.81. The molecule has 1 aromatic rings. The van der Waals surface area contributed by atoms with E-state index in [1.807, 2.05) is 0 Å². The summed E-state index contributed by atoms with van der Waals surface area (Å²) in [7, 11) is 0. The van der Waals surface area contributed by atoms with Crippen molar-refractivity contribution in [2.45, 2.75) is 46.1 Å². The Morgan fingerprint density at radius 3 is 2.84 bits per heavy atom. The minimum absolute atomic E-state index is 0.621. The van der Waals surface area contributed by atoms with Gasteiger partial charge >= 0.3 is 0 Å². The van der Waals surface area contributed by atoms with Gasteiger partial charge in [-0.2, -0.15) is 0 Å². The zero-order valence-corrected chi connectivity index (χ0v) is 12.7. The fraction of sp³-hybridized carbons (Fsp3) is 0.647. The van der Waals surface area contributed by atoms with Crippen molar-refractivity contribution in [3.05, 3.63) is 29.8 Å². The molecule has 106 valence electrons. The van der Waals surface area contributed by atoms with E-state index in [1.54, 1.807) is 0 Å². The summed E-state index contributed by atoms with van der Waals surface area (Å²) in [5, 5.41) is 3.59. The Morgan fingerprint density at radius 2 is 2.11 bits per heavy atom. The van der Waals surface area contributed by atoms with Crippen LogP contribution in [0, 0.1) is 5.92 Å². The third-order valence-electron chi connectivity index (χ3n) is 4.10. The number of benzene rings is 1. The number of nitrogens with one attached hydrogen (secondary N) is 1. The average Bonchev–Trinajstić information content (AvgIpc) is 2.43. The molecule has 1 N–H and O–H groups in total. The van der Waals surface area contributed by atoms with Crippen LogP contribution in [-0.4, -0.2) is 25.7 Å². The maximum atomic E-state index is 3.59. The number of hydrogen-bond acceptors (Lipinski definition) is 2. The lowest BCUT2D eigenvalue weighted by Gasteiger charge is -2.40. The molecule has 0 saturated carbocycles. The highest BCUT2D eigenvalue weighted by atomic mass is 15.2. The number of nitrogens with zero attached hydrogens (tertiary/aromatic N) is 1. The maximum Gasteiger partial charge on any atom is 0.0412 e. The molecule has 2 nitrogen and oxygen atoms in total. The molecule has 2 heteroatoms. The minimum atomic E-state index is 0.621. The van der Waals surface area contributed by atoms with Crippen molar-refractivity contribution in [3.8, 4) is 0 Å². The summed E-state index contributed by atoms with van der Waals surface area (Å²) in [5.41, 5.74) is 2.99. The van der Waals surface area contributed by atoms with Gasteiger partial charge in [-0.3, -0.25) is 0 Å². The number of hydrogen-bond donors (Lipinski definition) is 1. The molecule has 0 fully saturated rings. The first kappa shape index (κ1) is 14.4. The third-order valence-corrected chi connectivity index (χ3v) is 4.10. The lowest BCUT2D eigenvalue weighted by Crippen LogP contribution is -2.46. The monoisotopic (exact) mass is 260 g/mol. The van der Waals surface area contributed by atoms with Crippen molar-refractivity contribution in [1.29, 1.82) is 0 Å². The molecular weight excluding hydrogens is 232 g/mol. The zero-order valence-electron chi connectivity index (χ0n) is 12.7. The van der Waals surface area contributed by atoms with Crippen LogP contribution in [0.3, 0.4) is 0 Å². The fourth-order valence-electron chi connectivity index (χ4n) is 3.10. The highest BCUT2D eigenvalue weighted by Crippen LogP contribution is 2.31. The number of para-hydroxylation sites is 1. The van der Waals surface area contributed by atoms with Crippen molar-refractivity contribution in [1.82, 2.24) is 5.32 Å². The molecule has 0 radical (unpaired) electrons. The summed E-state index contributed by atoms with van der Waals surface area (Å²) in [6.45, 7) is 10.3. The third kappa shape index (κ3) is 3.50. The molecule has 0 aromatic heterocycles. The van der Waals surface area contributed by atoms with Crippen LogP contribution in [0.5, 0.6) is 0 Å². The SMILES string of the molecule is CCCNCC(CC)N1CC(C)Cc2ccccc21. The second kappa shape index (κ2) is 6.95. The molecule has 1 heterocycles. The van der Waals surface area contributed by atoms with E-state index in [0.717, 1.165) is 19.0 Å². The number of anilines is 1. The summed E-state index contributed by atoms with van der Waals surface area (Å²) >= 11 is 0. The van der Waals surface area contributed by atoms with Gasteiger partial charge in [-0.1, -0.05) is 39.0 Å². The first-order valence-corrected chi connectivity index (χ1v) is 7.81. The molecule has 19 heavy (non-hydrogen) atoms. The van der Waals surface area contributed by atoms with Crippen LogP contribution < -0.4 is 10.2 Å². The Morgan fingerprint density at radius 1 is 1.32 bits per heavy atom. The van der Waals surface area contributed by atoms with Crippen LogP contribution in [0.15, 0.2) is 24.3 Å². The molecule has 2 unspecified atom stereocenters. The van der Waals surface area contributed by atoms with Gasteiger partial charge in [0.1, 0.15) is 0 Å². The van der Waals surface area contributed by atoms with Crippen LogP contribution >= 0.6 is 0 Å². The minimum Gasteiger partial charge on any atom is -0.367 e. The summed E-state index contributed by atoms with van der Waals surface area (Å²) in [4.78, 5) is 2.63. The summed E-state index contributed by atoms with van der Waals surface area (Å²) < 4.78 is 0. The Bertz CT molecular complexity index is 389. The molecule has 2 rings (SSSR count). The molecular formula is C17H28N2. The van der Waals surface area contributed by atoms with Gasteiger partial charge in [-0.05, 0) is 43.4 Å². The Kier molecular flexibility index (Phi) is 5.26. The van der Waals surface area contributed by atoms with E-state index in [4.69, 9.17) is 0 Å². The smallest absolute Gasteiger partial charge is 0.0412 e. The number of rotatable bonds is 6. The van der Waals surface area contributed by atoms with Gasteiger partial charge in [0, 0.05) is 24.8 Å². The Balaban J connectivity index is 2.13. The molecule has 0 bridgehead atoms. The largest absolute Gasteiger partial charge is 0.367 e. The van der Waals surface area contributed by atoms with E-state index in [9.17, 15) is 0 Å². The van der Waals surface area contributed by atoms with Gasteiger partial charge in [0.25, 0.3) is 0 Å². The van der Waals surface area contributed by atoms with Crippen LogP contribution in [0.1, 0.15) is 39.2 Å². The molecule has 0 spiro atoms. The lowest BCUT2D eigenvalue weighted by molar-refractivity contribution is 0.453. The first-order chi connectivity index (χ1) is 9.26. The summed E-state index contributed by atoms with van der Waals surface area (Å²) in [5.74, 6) is 0.759. The van der Waals surface area contributed by atoms with Gasteiger partial charge in [-0.25, -0.2) is 0 Å². The molecule has 0 saturated heterocycles. The van der Waals surface area contributed by atoms with Crippen molar-refractivity contribution in [2.75, 3.05) is 24.5 Å². The fourth-order valence-corrected chi connectivity index (χ4v) is 3.10. The Hall–Kier alpha value is -1.02. The zero-order chi connectivity index (χ0) is 13.7. The van der Waals surface area contributed by atoms with Crippen molar-refractivity contribution in [3.63, 3.8) is 0 Å². The van der Waals surface area contributed by atoms with E-state index in [2.05, 4.69) is 55.3 Å². The van der Waals surface area contributed by atoms with Gasteiger partial charge in [0.15, 0.2) is 0 Å². The molecule has 1 aliphatic heterocycles. The van der Waals surface area contributed by atoms with Crippen LogP contribution in [0.2, 0.25) is 0 Å². The van der Waals surface area contributed by atoms with Crippen LogP contribution in [0.25, 0.3) is 0 Å². The molecule has 0 aliphatic carbocycles. The van der Waals surface area contributed by atoms with Gasteiger partial charge < -0.3 is 10.2 Å². The second-order valence-electron chi connectivity index (χ2n) is 5.86. The van der Waals surface area contributed by atoms with Crippen molar-refractivity contribution in [2.24, 2.45) is 5.92 Å². The van der Waals surface area contributed by atoms with E-state index in [0.29, 0.717) is 6.04 Å². The summed E-state index contributed by atoms with van der Waals surface area (Å²) in [6, 6.07) is 9.56. The lowest BCUT2D eigenvalue weighted by atomic mass is 9.92. The van der Waals surface area contributed by atoms with Crippen molar-refractivity contribution >= 4 is 5.69 Å².